The van der Waals surface area contributed by atoms with Crippen LogP contribution in [0.15, 0.2) is 30.3 Å². The van der Waals surface area contributed by atoms with E-state index < -0.39 is 16.8 Å². The number of rotatable bonds is 10. The number of aliphatic carboxylic acids is 1. The molecule has 0 atom stereocenters. The normalized spacial score (nSPS) is 12.0. The Bertz CT molecular complexity index is 536. The first-order valence-electron chi connectivity index (χ1n) is 8.41. The first-order chi connectivity index (χ1) is 11.3. The Morgan fingerprint density at radius 1 is 1.12 bits per heavy atom. The minimum atomic E-state index is -0.906. The Balaban J connectivity index is 2.53. The SMILES string of the molecule is CCC(CC)(CNC(=O)C(C)(C)COCc1ccccc1)C(=O)O. The molecule has 0 unspecified atom stereocenters. The van der Waals surface area contributed by atoms with Crippen LogP contribution in [0, 0.1) is 10.8 Å². The quantitative estimate of drug-likeness (QED) is 0.688. The molecule has 0 aliphatic heterocycles. The van der Waals surface area contributed by atoms with Gasteiger partial charge in [0.2, 0.25) is 5.91 Å². The second-order valence-electron chi connectivity index (χ2n) is 6.84. The van der Waals surface area contributed by atoms with Gasteiger partial charge >= 0.3 is 5.97 Å². The van der Waals surface area contributed by atoms with Gasteiger partial charge in [-0.3, -0.25) is 9.59 Å². The molecule has 1 rings (SSSR count). The molecular weight excluding hydrogens is 306 g/mol. The maximum atomic E-state index is 12.4. The lowest BCUT2D eigenvalue weighted by Crippen LogP contribution is -2.47. The summed E-state index contributed by atoms with van der Waals surface area (Å²) in [6.07, 6.45) is 0.952. The van der Waals surface area contributed by atoms with Gasteiger partial charge in [0.15, 0.2) is 0 Å². The molecule has 0 spiro atoms. The van der Waals surface area contributed by atoms with Crippen molar-refractivity contribution in [2.75, 3.05) is 13.2 Å². The van der Waals surface area contributed by atoms with Crippen molar-refractivity contribution in [2.24, 2.45) is 10.8 Å². The summed E-state index contributed by atoms with van der Waals surface area (Å²) >= 11 is 0. The number of amides is 1. The number of carbonyl (C=O) groups excluding carboxylic acids is 1. The first kappa shape index (κ1) is 20.2. The van der Waals surface area contributed by atoms with E-state index in [1.807, 2.05) is 44.2 Å². The summed E-state index contributed by atoms with van der Waals surface area (Å²) < 4.78 is 5.66. The van der Waals surface area contributed by atoms with E-state index in [0.29, 0.717) is 19.4 Å². The monoisotopic (exact) mass is 335 g/mol. The summed E-state index contributed by atoms with van der Waals surface area (Å²) in [5, 5.41) is 12.2. The zero-order valence-electron chi connectivity index (χ0n) is 15.1. The van der Waals surface area contributed by atoms with Crippen molar-refractivity contribution < 1.29 is 19.4 Å². The van der Waals surface area contributed by atoms with Gasteiger partial charge in [-0.05, 0) is 32.3 Å². The van der Waals surface area contributed by atoms with Crippen molar-refractivity contribution in [3.8, 4) is 0 Å². The molecule has 24 heavy (non-hydrogen) atoms. The van der Waals surface area contributed by atoms with Gasteiger partial charge in [-0.15, -0.1) is 0 Å². The number of benzene rings is 1. The van der Waals surface area contributed by atoms with E-state index in [9.17, 15) is 14.7 Å². The molecule has 0 aliphatic rings. The van der Waals surface area contributed by atoms with E-state index in [1.54, 1.807) is 13.8 Å². The molecule has 0 fully saturated rings. The number of carboxylic acids is 1. The first-order valence-corrected chi connectivity index (χ1v) is 8.41. The van der Waals surface area contributed by atoms with Gasteiger partial charge < -0.3 is 15.2 Å². The number of carbonyl (C=O) groups is 2. The molecule has 5 heteroatoms. The number of carboxylic acid groups (broad SMARTS) is 1. The Morgan fingerprint density at radius 3 is 2.21 bits per heavy atom. The molecule has 134 valence electrons. The van der Waals surface area contributed by atoms with Gasteiger partial charge in [0.25, 0.3) is 0 Å². The molecule has 1 aromatic rings. The van der Waals surface area contributed by atoms with Crippen molar-refractivity contribution in [1.29, 1.82) is 0 Å². The van der Waals surface area contributed by atoms with Gasteiger partial charge in [0.05, 0.1) is 24.0 Å². The molecule has 0 heterocycles. The van der Waals surface area contributed by atoms with Crippen LogP contribution in [0.3, 0.4) is 0 Å². The summed E-state index contributed by atoms with van der Waals surface area (Å²) in [5.41, 5.74) is -0.576. The van der Waals surface area contributed by atoms with Crippen molar-refractivity contribution >= 4 is 11.9 Å². The standard InChI is InChI=1S/C19H29NO4/c1-5-19(6-2,17(22)23)13-20-16(21)18(3,4)14-24-12-15-10-8-7-9-11-15/h7-11H,5-6,12-14H2,1-4H3,(H,20,21)(H,22,23). The van der Waals surface area contributed by atoms with Crippen LogP contribution in [0.2, 0.25) is 0 Å². The minimum absolute atomic E-state index is 0.135. The van der Waals surface area contributed by atoms with Crippen LogP contribution in [0.1, 0.15) is 46.1 Å². The predicted molar refractivity (Wildman–Crippen MR) is 93.5 cm³/mol. The van der Waals surface area contributed by atoms with Crippen LogP contribution >= 0.6 is 0 Å². The molecule has 0 saturated carbocycles. The van der Waals surface area contributed by atoms with E-state index in [2.05, 4.69) is 5.32 Å². The molecule has 1 amide bonds. The summed E-state index contributed by atoms with van der Waals surface area (Å²) in [6.45, 7) is 8.11. The third-order valence-electron chi connectivity index (χ3n) is 4.58. The van der Waals surface area contributed by atoms with Crippen molar-refractivity contribution in [2.45, 2.75) is 47.1 Å². The minimum Gasteiger partial charge on any atom is -0.481 e. The molecule has 5 nitrogen and oxygen atoms in total. The molecule has 0 bridgehead atoms. The lowest BCUT2D eigenvalue weighted by atomic mass is 9.82. The second-order valence-corrected chi connectivity index (χ2v) is 6.84. The van der Waals surface area contributed by atoms with Crippen molar-refractivity contribution in [3.05, 3.63) is 35.9 Å². The lowest BCUT2D eigenvalue weighted by Gasteiger charge is -2.30. The van der Waals surface area contributed by atoms with Crippen LogP contribution in [-0.4, -0.2) is 30.1 Å². The highest BCUT2D eigenvalue weighted by Gasteiger charge is 2.37. The fraction of sp³-hybridized carbons (Fsp3) is 0.579. The van der Waals surface area contributed by atoms with Crippen molar-refractivity contribution in [1.82, 2.24) is 5.32 Å². The Morgan fingerprint density at radius 2 is 1.71 bits per heavy atom. The third-order valence-corrected chi connectivity index (χ3v) is 4.58. The smallest absolute Gasteiger partial charge is 0.311 e. The van der Waals surface area contributed by atoms with Crippen LogP contribution in [0.5, 0.6) is 0 Å². The van der Waals surface area contributed by atoms with Gasteiger partial charge in [-0.1, -0.05) is 44.2 Å². The average Bonchev–Trinajstić information content (AvgIpc) is 2.56. The fourth-order valence-electron chi connectivity index (χ4n) is 2.43. The van der Waals surface area contributed by atoms with Crippen LogP contribution in [0.25, 0.3) is 0 Å². The van der Waals surface area contributed by atoms with Crippen LogP contribution in [0.4, 0.5) is 0 Å². The van der Waals surface area contributed by atoms with E-state index in [1.165, 1.54) is 0 Å². The predicted octanol–water partition coefficient (Wildman–Crippen LogP) is 3.24. The van der Waals surface area contributed by atoms with Gasteiger partial charge in [-0.2, -0.15) is 0 Å². The molecule has 1 aromatic carbocycles. The summed E-state index contributed by atoms with van der Waals surface area (Å²) in [5.74, 6) is -1.06. The van der Waals surface area contributed by atoms with Gasteiger partial charge in [-0.25, -0.2) is 0 Å². The highest BCUT2D eigenvalue weighted by atomic mass is 16.5. The van der Waals surface area contributed by atoms with E-state index >= 15 is 0 Å². The lowest BCUT2D eigenvalue weighted by molar-refractivity contribution is -0.149. The Labute approximate surface area is 144 Å². The van der Waals surface area contributed by atoms with Crippen LogP contribution < -0.4 is 5.32 Å². The molecule has 0 aromatic heterocycles. The topological polar surface area (TPSA) is 75.6 Å². The molecule has 0 saturated heterocycles. The second kappa shape index (κ2) is 8.83. The van der Waals surface area contributed by atoms with E-state index in [4.69, 9.17) is 4.74 Å². The third kappa shape index (κ3) is 5.34. The van der Waals surface area contributed by atoms with E-state index in [-0.39, 0.29) is 19.1 Å². The molecule has 2 N–H and O–H groups in total. The number of ether oxygens (including phenoxy) is 1. The van der Waals surface area contributed by atoms with Gasteiger partial charge in [0.1, 0.15) is 0 Å². The zero-order valence-corrected chi connectivity index (χ0v) is 15.1. The maximum absolute atomic E-state index is 12.4. The summed E-state index contributed by atoms with van der Waals surface area (Å²) in [4.78, 5) is 23.9. The number of hydrogen-bond donors (Lipinski definition) is 2. The molecule has 0 radical (unpaired) electrons. The molecule has 0 aliphatic carbocycles. The van der Waals surface area contributed by atoms with Crippen molar-refractivity contribution in [3.63, 3.8) is 0 Å². The van der Waals surface area contributed by atoms with Gasteiger partial charge in [0, 0.05) is 6.54 Å². The Kier molecular flexibility index (Phi) is 7.42. The Hall–Kier alpha value is -1.88. The highest BCUT2D eigenvalue weighted by Crippen LogP contribution is 2.26. The molecular formula is C19H29NO4. The number of nitrogens with one attached hydrogen (secondary N) is 1. The van der Waals surface area contributed by atoms with Crippen LogP contribution in [-0.2, 0) is 20.9 Å². The zero-order chi connectivity index (χ0) is 18.2. The summed E-state index contributed by atoms with van der Waals surface area (Å²) in [6, 6.07) is 9.76. The fourth-order valence-corrected chi connectivity index (χ4v) is 2.43. The number of hydrogen-bond acceptors (Lipinski definition) is 3. The largest absolute Gasteiger partial charge is 0.481 e. The highest BCUT2D eigenvalue weighted by molar-refractivity contribution is 5.83. The maximum Gasteiger partial charge on any atom is 0.311 e. The summed E-state index contributed by atoms with van der Waals surface area (Å²) in [7, 11) is 0. The average molecular weight is 335 g/mol. The van der Waals surface area contributed by atoms with E-state index in [0.717, 1.165) is 5.56 Å².